The zero-order chi connectivity index (χ0) is 13.0. The molecule has 2 rings (SSSR count). The summed E-state index contributed by atoms with van der Waals surface area (Å²) in [4.78, 5) is 11.8. The Labute approximate surface area is 106 Å². The summed E-state index contributed by atoms with van der Waals surface area (Å²) in [6.45, 7) is 0.625. The van der Waals surface area contributed by atoms with Crippen molar-refractivity contribution in [3.63, 3.8) is 0 Å². The molecule has 1 amide bonds. The molecule has 0 saturated carbocycles. The first kappa shape index (κ1) is 12.5. The first-order valence-corrected chi connectivity index (χ1v) is 6.11. The number of hydrogen-bond donors (Lipinski definition) is 3. The van der Waals surface area contributed by atoms with Crippen LogP contribution in [0.5, 0.6) is 11.5 Å². The Hall–Kier alpha value is -1.97. The van der Waals surface area contributed by atoms with Gasteiger partial charge in [0.1, 0.15) is 11.5 Å². The van der Waals surface area contributed by atoms with E-state index in [1.54, 1.807) is 0 Å². The molecular formula is C14H17NO3. The van der Waals surface area contributed by atoms with Gasteiger partial charge in [-0.3, -0.25) is 4.79 Å². The standard InChI is InChI=1S/C14H17NO3/c16-12-6-11(7-13(17)8-12)14(18)15-9-10-4-2-1-3-5-10/h1-2,6-8,10,16-17H,3-5,9H2,(H,15,18). The molecule has 0 fully saturated rings. The lowest BCUT2D eigenvalue weighted by molar-refractivity contribution is 0.0945. The quantitative estimate of drug-likeness (QED) is 0.717. The summed E-state index contributed by atoms with van der Waals surface area (Å²) >= 11 is 0. The summed E-state index contributed by atoms with van der Waals surface area (Å²) in [5, 5.41) is 21.4. The van der Waals surface area contributed by atoms with Crippen LogP contribution in [0.25, 0.3) is 0 Å². The van der Waals surface area contributed by atoms with Crippen molar-refractivity contribution in [1.29, 1.82) is 0 Å². The Morgan fingerprint density at radius 3 is 2.56 bits per heavy atom. The molecule has 3 N–H and O–H groups in total. The first-order valence-electron chi connectivity index (χ1n) is 6.11. The summed E-state index contributed by atoms with van der Waals surface area (Å²) in [5.41, 5.74) is 0.277. The average Bonchev–Trinajstić information content (AvgIpc) is 2.36. The molecule has 0 aromatic heterocycles. The molecule has 0 saturated heterocycles. The molecule has 1 aromatic rings. The molecular weight excluding hydrogens is 230 g/mol. The normalized spacial score (nSPS) is 18.6. The van der Waals surface area contributed by atoms with Gasteiger partial charge in [-0.25, -0.2) is 0 Å². The second-order valence-corrected chi connectivity index (χ2v) is 4.60. The van der Waals surface area contributed by atoms with Gasteiger partial charge in [-0.15, -0.1) is 0 Å². The number of benzene rings is 1. The van der Waals surface area contributed by atoms with E-state index in [-0.39, 0.29) is 23.0 Å². The lowest BCUT2D eigenvalue weighted by Crippen LogP contribution is -2.29. The van der Waals surface area contributed by atoms with Crippen molar-refractivity contribution < 1.29 is 15.0 Å². The van der Waals surface area contributed by atoms with E-state index in [0.29, 0.717) is 12.5 Å². The molecule has 1 aliphatic rings. The van der Waals surface area contributed by atoms with E-state index >= 15 is 0 Å². The summed E-state index contributed by atoms with van der Waals surface area (Å²) in [6, 6.07) is 3.88. The van der Waals surface area contributed by atoms with Crippen LogP contribution in [0, 0.1) is 5.92 Å². The van der Waals surface area contributed by atoms with E-state index in [1.807, 2.05) is 0 Å². The molecule has 1 aliphatic carbocycles. The van der Waals surface area contributed by atoms with E-state index in [9.17, 15) is 15.0 Å². The number of allylic oxidation sites excluding steroid dienone is 2. The Morgan fingerprint density at radius 1 is 1.22 bits per heavy atom. The fraction of sp³-hybridized carbons (Fsp3) is 0.357. The first-order chi connectivity index (χ1) is 8.65. The second-order valence-electron chi connectivity index (χ2n) is 4.60. The summed E-state index contributed by atoms with van der Waals surface area (Å²) in [6.07, 6.45) is 7.44. The van der Waals surface area contributed by atoms with Gasteiger partial charge in [0.25, 0.3) is 5.91 Å². The van der Waals surface area contributed by atoms with Crippen molar-refractivity contribution in [2.24, 2.45) is 5.92 Å². The molecule has 1 aromatic carbocycles. The van der Waals surface area contributed by atoms with Crippen LogP contribution in [-0.4, -0.2) is 22.7 Å². The number of carbonyl (C=O) groups excluding carboxylic acids is 1. The van der Waals surface area contributed by atoms with E-state index < -0.39 is 0 Å². The molecule has 4 heteroatoms. The van der Waals surface area contributed by atoms with Crippen molar-refractivity contribution in [3.8, 4) is 11.5 Å². The Bertz CT molecular complexity index is 448. The van der Waals surface area contributed by atoms with Crippen molar-refractivity contribution in [1.82, 2.24) is 5.32 Å². The maximum Gasteiger partial charge on any atom is 0.251 e. The third-order valence-corrected chi connectivity index (χ3v) is 3.09. The van der Waals surface area contributed by atoms with Gasteiger partial charge < -0.3 is 15.5 Å². The van der Waals surface area contributed by atoms with Crippen LogP contribution in [0.15, 0.2) is 30.4 Å². The number of rotatable bonds is 3. The molecule has 0 radical (unpaired) electrons. The molecule has 1 unspecified atom stereocenters. The fourth-order valence-electron chi connectivity index (χ4n) is 2.11. The fourth-order valence-corrected chi connectivity index (χ4v) is 2.11. The van der Waals surface area contributed by atoms with Gasteiger partial charge in [-0.1, -0.05) is 12.2 Å². The molecule has 18 heavy (non-hydrogen) atoms. The molecule has 0 spiro atoms. The van der Waals surface area contributed by atoms with Crippen molar-refractivity contribution in [3.05, 3.63) is 35.9 Å². The van der Waals surface area contributed by atoms with Gasteiger partial charge in [-0.2, -0.15) is 0 Å². The van der Waals surface area contributed by atoms with E-state index in [2.05, 4.69) is 17.5 Å². The van der Waals surface area contributed by atoms with Crippen LogP contribution in [0.3, 0.4) is 0 Å². The SMILES string of the molecule is O=C(NCC1CC=CCC1)c1cc(O)cc(O)c1. The minimum Gasteiger partial charge on any atom is -0.508 e. The van der Waals surface area contributed by atoms with Crippen LogP contribution < -0.4 is 5.32 Å². The third-order valence-electron chi connectivity index (χ3n) is 3.09. The van der Waals surface area contributed by atoms with Crippen LogP contribution in [-0.2, 0) is 0 Å². The van der Waals surface area contributed by atoms with Gasteiger partial charge in [0.2, 0.25) is 0 Å². The van der Waals surface area contributed by atoms with E-state index in [0.717, 1.165) is 19.3 Å². The minimum absolute atomic E-state index is 0.110. The maximum absolute atomic E-state index is 11.8. The highest BCUT2D eigenvalue weighted by molar-refractivity contribution is 5.95. The number of nitrogens with one attached hydrogen (secondary N) is 1. The number of aromatic hydroxyl groups is 2. The van der Waals surface area contributed by atoms with Gasteiger partial charge in [0.15, 0.2) is 0 Å². The van der Waals surface area contributed by atoms with Crippen molar-refractivity contribution >= 4 is 5.91 Å². The van der Waals surface area contributed by atoms with Crippen molar-refractivity contribution in [2.75, 3.05) is 6.54 Å². The number of amides is 1. The zero-order valence-corrected chi connectivity index (χ0v) is 10.1. The lowest BCUT2D eigenvalue weighted by atomic mass is 9.94. The molecule has 1 atom stereocenters. The third kappa shape index (κ3) is 3.26. The largest absolute Gasteiger partial charge is 0.508 e. The predicted molar refractivity (Wildman–Crippen MR) is 68.6 cm³/mol. The Balaban J connectivity index is 1.92. The molecule has 0 aliphatic heterocycles. The van der Waals surface area contributed by atoms with E-state index in [1.165, 1.54) is 18.2 Å². The number of hydrogen-bond acceptors (Lipinski definition) is 3. The van der Waals surface area contributed by atoms with Crippen LogP contribution in [0.1, 0.15) is 29.6 Å². The summed E-state index contributed by atoms with van der Waals surface area (Å²) in [5.74, 6) is -0.0119. The molecule has 0 bridgehead atoms. The highest BCUT2D eigenvalue weighted by Crippen LogP contribution is 2.21. The average molecular weight is 247 g/mol. The van der Waals surface area contributed by atoms with Gasteiger partial charge in [-0.05, 0) is 37.3 Å². The maximum atomic E-state index is 11.8. The summed E-state index contributed by atoms with van der Waals surface area (Å²) < 4.78 is 0. The highest BCUT2D eigenvalue weighted by Gasteiger charge is 2.13. The monoisotopic (exact) mass is 247 g/mol. The topological polar surface area (TPSA) is 69.6 Å². The van der Waals surface area contributed by atoms with Crippen molar-refractivity contribution in [2.45, 2.75) is 19.3 Å². The van der Waals surface area contributed by atoms with Crippen LogP contribution >= 0.6 is 0 Å². The highest BCUT2D eigenvalue weighted by atomic mass is 16.3. The van der Waals surface area contributed by atoms with E-state index in [4.69, 9.17) is 0 Å². The zero-order valence-electron chi connectivity index (χ0n) is 10.1. The number of phenolic OH excluding ortho intramolecular Hbond substituents is 2. The Morgan fingerprint density at radius 2 is 1.94 bits per heavy atom. The molecule has 0 heterocycles. The number of carbonyl (C=O) groups is 1. The smallest absolute Gasteiger partial charge is 0.251 e. The Kier molecular flexibility index (Phi) is 3.87. The molecule has 96 valence electrons. The van der Waals surface area contributed by atoms with Gasteiger partial charge >= 0.3 is 0 Å². The van der Waals surface area contributed by atoms with Gasteiger partial charge in [0, 0.05) is 18.2 Å². The molecule has 4 nitrogen and oxygen atoms in total. The lowest BCUT2D eigenvalue weighted by Gasteiger charge is -2.18. The minimum atomic E-state index is -0.268. The number of phenols is 2. The van der Waals surface area contributed by atoms with Crippen LogP contribution in [0.2, 0.25) is 0 Å². The summed E-state index contributed by atoms with van der Waals surface area (Å²) in [7, 11) is 0. The predicted octanol–water partition coefficient (Wildman–Crippen LogP) is 2.18. The van der Waals surface area contributed by atoms with Gasteiger partial charge in [0.05, 0.1) is 0 Å². The second kappa shape index (κ2) is 5.58. The van der Waals surface area contributed by atoms with Crippen LogP contribution in [0.4, 0.5) is 0 Å².